The lowest BCUT2D eigenvalue weighted by Gasteiger charge is -2.33. The molecule has 0 unspecified atom stereocenters. The van der Waals surface area contributed by atoms with Gasteiger partial charge in [-0.3, -0.25) is 10.1 Å². The maximum atomic E-state index is 11.1. The van der Waals surface area contributed by atoms with Gasteiger partial charge in [0.05, 0.1) is 4.92 Å². The highest BCUT2D eigenvalue weighted by Crippen LogP contribution is 2.27. The normalized spacial score (nSPS) is 15.3. The molecule has 2 heterocycles. The van der Waals surface area contributed by atoms with Gasteiger partial charge in [-0.05, 0) is 32.8 Å². The Balaban J connectivity index is 1.64. The highest BCUT2D eigenvalue weighted by molar-refractivity contribution is 5.61. The van der Waals surface area contributed by atoms with E-state index in [1.54, 1.807) is 12.1 Å². The summed E-state index contributed by atoms with van der Waals surface area (Å²) >= 11 is 0. The molecule has 1 aliphatic heterocycles. The standard InChI is InChI=1S/C17H21N5O2/c1-12-11-17(19-13(2)18-12)21-9-7-14(8-10-21)20-15-5-3-4-6-16(15)22(23)24/h3-6,11,14,20H,7-10H2,1-2H3. The first-order chi connectivity index (χ1) is 11.5. The number of piperidine rings is 1. The summed E-state index contributed by atoms with van der Waals surface area (Å²) in [6, 6.07) is 9.03. The van der Waals surface area contributed by atoms with E-state index in [0.717, 1.165) is 43.3 Å². The van der Waals surface area contributed by atoms with Crippen molar-refractivity contribution in [2.24, 2.45) is 0 Å². The van der Waals surface area contributed by atoms with Crippen molar-refractivity contribution in [1.29, 1.82) is 0 Å². The molecule has 0 spiro atoms. The predicted octanol–water partition coefficient (Wildman–Crippen LogP) is 3.08. The molecule has 0 amide bonds. The molecular weight excluding hydrogens is 306 g/mol. The van der Waals surface area contributed by atoms with E-state index in [1.165, 1.54) is 6.07 Å². The van der Waals surface area contributed by atoms with Crippen LogP contribution in [0.15, 0.2) is 30.3 Å². The lowest BCUT2D eigenvalue weighted by atomic mass is 10.0. The van der Waals surface area contributed by atoms with E-state index >= 15 is 0 Å². The summed E-state index contributed by atoms with van der Waals surface area (Å²) in [5, 5.41) is 14.4. The fourth-order valence-corrected chi connectivity index (χ4v) is 3.09. The number of hydrogen-bond acceptors (Lipinski definition) is 6. The van der Waals surface area contributed by atoms with Gasteiger partial charge in [0.1, 0.15) is 17.3 Å². The van der Waals surface area contributed by atoms with Crippen molar-refractivity contribution in [2.75, 3.05) is 23.3 Å². The molecule has 0 saturated carbocycles. The summed E-state index contributed by atoms with van der Waals surface area (Å²) in [4.78, 5) is 21.8. The van der Waals surface area contributed by atoms with Crippen LogP contribution in [0.25, 0.3) is 0 Å². The van der Waals surface area contributed by atoms with Gasteiger partial charge in [0.25, 0.3) is 5.69 Å². The van der Waals surface area contributed by atoms with Crippen LogP contribution in [0.5, 0.6) is 0 Å². The van der Waals surface area contributed by atoms with E-state index in [0.29, 0.717) is 5.69 Å². The zero-order valence-electron chi connectivity index (χ0n) is 13.9. The zero-order valence-corrected chi connectivity index (χ0v) is 13.9. The fourth-order valence-electron chi connectivity index (χ4n) is 3.09. The maximum absolute atomic E-state index is 11.1. The molecule has 1 aromatic heterocycles. The average Bonchev–Trinajstić information content (AvgIpc) is 2.55. The minimum atomic E-state index is -0.343. The number of aryl methyl sites for hydroxylation is 2. The van der Waals surface area contributed by atoms with Crippen LogP contribution in [0.4, 0.5) is 17.2 Å². The Hall–Kier alpha value is -2.70. The second-order valence-electron chi connectivity index (χ2n) is 6.09. The topological polar surface area (TPSA) is 84.2 Å². The summed E-state index contributed by atoms with van der Waals surface area (Å²) in [5.74, 6) is 1.74. The van der Waals surface area contributed by atoms with Crippen LogP contribution in [0.3, 0.4) is 0 Å². The summed E-state index contributed by atoms with van der Waals surface area (Å²) < 4.78 is 0. The molecule has 0 aliphatic carbocycles. The van der Waals surface area contributed by atoms with Crippen molar-refractivity contribution in [2.45, 2.75) is 32.7 Å². The van der Waals surface area contributed by atoms with Gasteiger partial charge in [-0.15, -0.1) is 0 Å². The van der Waals surface area contributed by atoms with Crippen LogP contribution in [-0.2, 0) is 0 Å². The number of hydrogen-bond donors (Lipinski definition) is 1. The third-order valence-electron chi connectivity index (χ3n) is 4.23. The van der Waals surface area contributed by atoms with Gasteiger partial charge < -0.3 is 10.2 Å². The highest BCUT2D eigenvalue weighted by Gasteiger charge is 2.22. The molecule has 1 N–H and O–H groups in total. The fraction of sp³-hybridized carbons (Fsp3) is 0.412. The Bertz CT molecular complexity index is 721. The first kappa shape index (κ1) is 16.2. The molecule has 126 valence electrons. The zero-order chi connectivity index (χ0) is 17.1. The average molecular weight is 327 g/mol. The molecule has 0 bridgehead atoms. The summed E-state index contributed by atoms with van der Waals surface area (Å²) in [6.45, 7) is 5.61. The molecule has 1 fully saturated rings. The van der Waals surface area contributed by atoms with Crippen molar-refractivity contribution in [3.63, 3.8) is 0 Å². The second kappa shape index (κ2) is 6.82. The monoisotopic (exact) mass is 327 g/mol. The molecule has 1 aliphatic rings. The third-order valence-corrected chi connectivity index (χ3v) is 4.23. The minimum Gasteiger partial charge on any atom is -0.377 e. The van der Waals surface area contributed by atoms with Gasteiger partial charge in [-0.1, -0.05) is 12.1 Å². The Morgan fingerprint density at radius 3 is 2.58 bits per heavy atom. The quantitative estimate of drug-likeness (QED) is 0.686. The Labute approximate surface area is 140 Å². The van der Waals surface area contributed by atoms with Gasteiger partial charge in [0.2, 0.25) is 0 Å². The third kappa shape index (κ3) is 3.61. The first-order valence-corrected chi connectivity index (χ1v) is 8.10. The number of aromatic nitrogens is 2. The Kier molecular flexibility index (Phi) is 4.59. The molecule has 7 heteroatoms. The SMILES string of the molecule is Cc1cc(N2CCC(Nc3ccccc3[N+](=O)[O-])CC2)nc(C)n1. The number of nitrogens with zero attached hydrogens (tertiary/aromatic N) is 4. The predicted molar refractivity (Wildman–Crippen MR) is 93.5 cm³/mol. The second-order valence-corrected chi connectivity index (χ2v) is 6.09. The summed E-state index contributed by atoms with van der Waals surface area (Å²) in [6.07, 6.45) is 1.82. The Morgan fingerprint density at radius 2 is 1.92 bits per heavy atom. The highest BCUT2D eigenvalue weighted by atomic mass is 16.6. The van der Waals surface area contributed by atoms with E-state index in [-0.39, 0.29) is 16.7 Å². The molecule has 7 nitrogen and oxygen atoms in total. The summed E-state index contributed by atoms with van der Waals surface area (Å²) in [5.41, 5.74) is 1.69. The van der Waals surface area contributed by atoms with Crippen LogP contribution in [-0.4, -0.2) is 34.0 Å². The molecule has 0 radical (unpaired) electrons. The number of nitro groups is 1. The van der Waals surface area contributed by atoms with Crippen LogP contribution in [0, 0.1) is 24.0 Å². The molecule has 0 atom stereocenters. The number of rotatable bonds is 4. The molecule has 1 saturated heterocycles. The van der Waals surface area contributed by atoms with E-state index in [4.69, 9.17) is 0 Å². The van der Waals surface area contributed by atoms with Gasteiger partial charge in [-0.25, -0.2) is 9.97 Å². The lowest BCUT2D eigenvalue weighted by Crippen LogP contribution is -2.39. The van der Waals surface area contributed by atoms with Crippen LogP contribution < -0.4 is 10.2 Å². The van der Waals surface area contributed by atoms with E-state index in [2.05, 4.69) is 20.2 Å². The van der Waals surface area contributed by atoms with Gasteiger partial charge >= 0.3 is 0 Å². The summed E-state index contributed by atoms with van der Waals surface area (Å²) in [7, 11) is 0. The molecular formula is C17H21N5O2. The smallest absolute Gasteiger partial charge is 0.292 e. The van der Waals surface area contributed by atoms with Gasteiger partial charge in [0, 0.05) is 37.0 Å². The van der Waals surface area contributed by atoms with Crippen molar-refractivity contribution >= 4 is 17.2 Å². The maximum Gasteiger partial charge on any atom is 0.292 e. The minimum absolute atomic E-state index is 0.127. The lowest BCUT2D eigenvalue weighted by molar-refractivity contribution is -0.384. The largest absolute Gasteiger partial charge is 0.377 e. The number of anilines is 2. The first-order valence-electron chi connectivity index (χ1n) is 8.10. The molecule has 24 heavy (non-hydrogen) atoms. The van der Waals surface area contributed by atoms with Crippen molar-refractivity contribution in [3.8, 4) is 0 Å². The van der Waals surface area contributed by atoms with Crippen molar-refractivity contribution in [3.05, 3.63) is 52.0 Å². The van der Waals surface area contributed by atoms with Crippen LogP contribution in [0.1, 0.15) is 24.4 Å². The Morgan fingerprint density at radius 1 is 1.21 bits per heavy atom. The molecule has 2 aromatic rings. The van der Waals surface area contributed by atoms with Gasteiger partial charge in [0.15, 0.2) is 0 Å². The van der Waals surface area contributed by atoms with E-state index in [9.17, 15) is 10.1 Å². The van der Waals surface area contributed by atoms with E-state index < -0.39 is 0 Å². The molecule has 3 rings (SSSR count). The van der Waals surface area contributed by atoms with Crippen LogP contribution in [0.2, 0.25) is 0 Å². The number of nitro benzene ring substituents is 1. The molecule has 1 aromatic carbocycles. The van der Waals surface area contributed by atoms with Crippen LogP contribution >= 0.6 is 0 Å². The van der Waals surface area contributed by atoms with E-state index in [1.807, 2.05) is 26.0 Å². The van der Waals surface area contributed by atoms with Gasteiger partial charge in [-0.2, -0.15) is 0 Å². The number of para-hydroxylation sites is 2. The van der Waals surface area contributed by atoms with Crippen molar-refractivity contribution < 1.29 is 4.92 Å². The number of nitrogens with one attached hydrogen (secondary N) is 1. The number of benzene rings is 1. The van der Waals surface area contributed by atoms with Crippen molar-refractivity contribution in [1.82, 2.24) is 9.97 Å².